The molecule has 0 aliphatic carbocycles. The average Bonchev–Trinajstić information content (AvgIpc) is 3.06. The van der Waals surface area contributed by atoms with E-state index >= 15 is 0 Å². The molecule has 0 radical (unpaired) electrons. The van der Waals surface area contributed by atoms with Gasteiger partial charge in [-0.1, -0.05) is 12.1 Å². The largest absolute Gasteiger partial charge is 0.337 e. The molecule has 1 aromatic rings. The maximum absolute atomic E-state index is 12.7. The number of hydrogen-bond acceptors (Lipinski definition) is 5. The van der Waals surface area contributed by atoms with Gasteiger partial charge >= 0.3 is 0 Å². The smallest absolute Gasteiger partial charge is 0.255 e. The molecule has 0 bridgehead atoms. The first-order valence-corrected chi connectivity index (χ1v) is 9.23. The second-order valence-corrected chi connectivity index (χ2v) is 8.69. The molecule has 0 saturated carbocycles. The maximum atomic E-state index is 12.7. The number of likely N-dealkylation sites (tertiary alicyclic amines) is 1. The second kappa shape index (κ2) is 5.62. The molecule has 0 aromatic heterocycles. The minimum atomic E-state index is -3.18. The molecule has 0 spiro atoms. The van der Waals surface area contributed by atoms with E-state index in [1.54, 1.807) is 29.2 Å². The van der Waals surface area contributed by atoms with Gasteiger partial charge in [-0.25, -0.2) is 8.42 Å². The van der Waals surface area contributed by atoms with Crippen molar-refractivity contribution in [3.8, 4) is 6.07 Å². The van der Waals surface area contributed by atoms with Gasteiger partial charge in [0.25, 0.3) is 5.91 Å². The van der Waals surface area contributed by atoms with Crippen LogP contribution in [0, 0.1) is 17.2 Å². The van der Waals surface area contributed by atoms with Crippen LogP contribution in [0.25, 0.3) is 0 Å². The Morgan fingerprint density at radius 1 is 1.30 bits per heavy atom. The summed E-state index contributed by atoms with van der Waals surface area (Å²) in [5, 5.41) is 8.65. The number of nitriles is 1. The summed E-state index contributed by atoms with van der Waals surface area (Å²) in [6, 6.07) is 8.60. The summed E-state index contributed by atoms with van der Waals surface area (Å²) in [6.07, 6.45) is 0. The Balaban J connectivity index is 1.88. The van der Waals surface area contributed by atoms with Gasteiger partial charge in [0.2, 0.25) is 0 Å². The first-order chi connectivity index (χ1) is 10.8. The molecule has 2 fully saturated rings. The zero-order valence-electron chi connectivity index (χ0n) is 13.1. The first kappa shape index (κ1) is 16.0. The van der Waals surface area contributed by atoms with Crippen LogP contribution in [0.5, 0.6) is 0 Å². The molecule has 1 aromatic carbocycles. The first-order valence-electron chi connectivity index (χ1n) is 7.51. The fourth-order valence-electron chi connectivity index (χ4n) is 3.67. The lowest BCUT2D eigenvalue weighted by molar-refractivity contribution is 0.0779. The van der Waals surface area contributed by atoms with Gasteiger partial charge in [0, 0.05) is 25.0 Å². The van der Waals surface area contributed by atoms with Gasteiger partial charge in [-0.05, 0) is 26.2 Å². The molecule has 3 atom stereocenters. The number of nitrogens with zero attached hydrogens (tertiary/aromatic N) is 3. The van der Waals surface area contributed by atoms with E-state index in [-0.39, 0.29) is 30.2 Å². The van der Waals surface area contributed by atoms with E-state index in [0.29, 0.717) is 17.7 Å². The zero-order chi connectivity index (χ0) is 16.8. The number of carbonyl (C=O) groups is 1. The Hall–Kier alpha value is -1.91. The molecule has 122 valence electrons. The Labute approximate surface area is 136 Å². The summed E-state index contributed by atoms with van der Waals surface area (Å²) < 4.78 is 24.7. The highest BCUT2D eigenvalue weighted by atomic mass is 32.2. The van der Waals surface area contributed by atoms with Crippen molar-refractivity contribution in [1.29, 1.82) is 5.26 Å². The van der Waals surface area contributed by atoms with Crippen molar-refractivity contribution < 1.29 is 13.2 Å². The monoisotopic (exact) mass is 333 g/mol. The van der Waals surface area contributed by atoms with Crippen molar-refractivity contribution in [2.75, 3.05) is 32.9 Å². The Bertz CT molecular complexity index is 782. The van der Waals surface area contributed by atoms with Crippen molar-refractivity contribution in [3.63, 3.8) is 0 Å². The van der Waals surface area contributed by atoms with Crippen LogP contribution in [0.4, 0.5) is 0 Å². The van der Waals surface area contributed by atoms with E-state index in [1.807, 2.05) is 25.1 Å². The minimum absolute atomic E-state index is 0.0611. The fourth-order valence-corrected chi connectivity index (χ4v) is 6.14. The van der Waals surface area contributed by atoms with Crippen LogP contribution in [0.3, 0.4) is 0 Å². The highest BCUT2D eigenvalue weighted by Gasteiger charge is 2.53. The quantitative estimate of drug-likeness (QED) is 0.780. The molecule has 3 rings (SSSR count). The number of fused-ring (bicyclic) bond motifs is 1. The second-order valence-electron chi connectivity index (χ2n) is 6.43. The van der Waals surface area contributed by atoms with Crippen LogP contribution in [0.15, 0.2) is 24.3 Å². The van der Waals surface area contributed by atoms with Gasteiger partial charge in [0.15, 0.2) is 9.84 Å². The van der Waals surface area contributed by atoms with Crippen molar-refractivity contribution in [3.05, 3.63) is 35.4 Å². The third-order valence-corrected chi connectivity index (χ3v) is 7.12. The molecular weight excluding hydrogens is 314 g/mol. The predicted molar refractivity (Wildman–Crippen MR) is 85.6 cm³/mol. The minimum Gasteiger partial charge on any atom is -0.337 e. The standard InChI is InChI=1S/C16H19N3O3S/c1-18(2)14-10-23(21,22)15-9-19(8-13(14)15)16(20)12-6-4-3-5-11(12)7-17/h3-6,13-15H,8-10H2,1-2H3/t13-,14+,15-/m0/s1. The summed E-state index contributed by atoms with van der Waals surface area (Å²) in [6.45, 7) is 0.640. The van der Waals surface area contributed by atoms with Gasteiger partial charge in [0.1, 0.15) is 0 Å². The summed E-state index contributed by atoms with van der Waals surface area (Å²) in [4.78, 5) is 16.2. The van der Waals surface area contributed by atoms with Crippen LogP contribution in [0.1, 0.15) is 15.9 Å². The topological polar surface area (TPSA) is 81.5 Å². The third kappa shape index (κ3) is 2.62. The normalized spacial score (nSPS) is 28.6. The van der Waals surface area contributed by atoms with E-state index < -0.39 is 15.1 Å². The Morgan fingerprint density at radius 3 is 2.65 bits per heavy atom. The molecule has 23 heavy (non-hydrogen) atoms. The van der Waals surface area contributed by atoms with E-state index in [1.165, 1.54) is 0 Å². The Kier molecular flexibility index (Phi) is 3.90. The van der Waals surface area contributed by atoms with E-state index in [0.717, 1.165) is 0 Å². The van der Waals surface area contributed by atoms with Gasteiger partial charge in [0.05, 0.1) is 28.2 Å². The maximum Gasteiger partial charge on any atom is 0.255 e. The van der Waals surface area contributed by atoms with Gasteiger partial charge in [-0.15, -0.1) is 0 Å². The molecule has 0 N–H and O–H groups in total. The zero-order valence-corrected chi connectivity index (χ0v) is 14.0. The number of hydrogen-bond donors (Lipinski definition) is 0. The highest BCUT2D eigenvalue weighted by Crippen LogP contribution is 2.36. The molecule has 0 unspecified atom stereocenters. The van der Waals surface area contributed by atoms with Crippen molar-refractivity contribution in [2.45, 2.75) is 11.3 Å². The van der Waals surface area contributed by atoms with Crippen molar-refractivity contribution in [2.24, 2.45) is 5.92 Å². The molecule has 2 heterocycles. The molecule has 6 nitrogen and oxygen atoms in total. The van der Waals surface area contributed by atoms with Crippen LogP contribution in [-0.2, 0) is 9.84 Å². The summed E-state index contributed by atoms with van der Waals surface area (Å²) >= 11 is 0. The fraction of sp³-hybridized carbons (Fsp3) is 0.500. The summed E-state index contributed by atoms with van der Waals surface area (Å²) in [5.41, 5.74) is 0.662. The SMILES string of the molecule is CN(C)[C@@H]1CS(=O)(=O)[C@H]2CN(C(=O)c3ccccc3C#N)C[C@@H]12. The molecule has 7 heteroatoms. The molecule has 2 aliphatic heterocycles. The molecule has 2 aliphatic rings. The number of rotatable bonds is 2. The summed E-state index contributed by atoms with van der Waals surface area (Å²) in [7, 11) is 0.563. The number of amides is 1. The molecule has 1 amide bonds. The van der Waals surface area contributed by atoms with E-state index in [9.17, 15) is 13.2 Å². The number of sulfone groups is 1. The average molecular weight is 333 g/mol. The predicted octanol–water partition coefficient (Wildman–Crippen LogP) is 0.357. The van der Waals surface area contributed by atoms with E-state index in [4.69, 9.17) is 5.26 Å². The summed E-state index contributed by atoms with van der Waals surface area (Å²) in [5.74, 6) is -0.163. The molecule has 2 saturated heterocycles. The lowest BCUT2D eigenvalue weighted by Gasteiger charge is -2.25. The lowest BCUT2D eigenvalue weighted by Crippen LogP contribution is -2.38. The van der Waals surface area contributed by atoms with Crippen LogP contribution in [0.2, 0.25) is 0 Å². The van der Waals surface area contributed by atoms with E-state index in [2.05, 4.69) is 0 Å². The third-order valence-electron chi connectivity index (χ3n) is 4.90. The Morgan fingerprint density at radius 2 is 2.00 bits per heavy atom. The van der Waals surface area contributed by atoms with Gasteiger partial charge < -0.3 is 9.80 Å². The van der Waals surface area contributed by atoms with Crippen LogP contribution >= 0.6 is 0 Å². The lowest BCUT2D eigenvalue weighted by atomic mass is 10.00. The van der Waals surface area contributed by atoms with Gasteiger partial charge in [-0.2, -0.15) is 5.26 Å². The number of benzene rings is 1. The van der Waals surface area contributed by atoms with Crippen LogP contribution in [-0.4, -0.2) is 68.4 Å². The van der Waals surface area contributed by atoms with Gasteiger partial charge in [-0.3, -0.25) is 4.79 Å². The van der Waals surface area contributed by atoms with Crippen molar-refractivity contribution in [1.82, 2.24) is 9.80 Å². The van der Waals surface area contributed by atoms with Crippen molar-refractivity contribution >= 4 is 15.7 Å². The number of carbonyl (C=O) groups excluding carboxylic acids is 1. The van der Waals surface area contributed by atoms with Crippen LogP contribution < -0.4 is 0 Å². The highest BCUT2D eigenvalue weighted by molar-refractivity contribution is 7.92. The molecular formula is C16H19N3O3S.